The first-order chi connectivity index (χ1) is 19.7. The summed E-state index contributed by atoms with van der Waals surface area (Å²) in [6, 6.07) is 17.0. The molecule has 2 heterocycles. The van der Waals surface area contributed by atoms with Crippen LogP contribution in [0, 0.1) is 0 Å². The van der Waals surface area contributed by atoms with Gasteiger partial charge in [-0.05, 0) is 49.1 Å². The Morgan fingerprint density at radius 1 is 1.02 bits per heavy atom. The molecule has 3 N–H and O–H groups in total. The minimum atomic E-state index is -1.03. The van der Waals surface area contributed by atoms with Crippen molar-refractivity contribution in [1.82, 2.24) is 10.2 Å². The quantitative estimate of drug-likeness (QED) is 0.340. The summed E-state index contributed by atoms with van der Waals surface area (Å²) in [5, 5.41) is 17.0. The van der Waals surface area contributed by atoms with Crippen LogP contribution in [0.15, 0.2) is 66.0 Å². The van der Waals surface area contributed by atoms with Crippen molar-refractivity contribution < 1.29 is 29.0 Å². The predicted molar refractivity (Wildman–Crippen MR) is 157 cm³/mol. The van der Waals surface area contributed by atoms with Crippen LogP contribution in [-0.4, -0.2) is 66.2 Å². The molecule has 0 spiro atoms. The van der Waals surface area contributed by atoms with Crippen molar-refractivity contribution in [1.29, 1.82) is 0 Å². The van der Waals surface area contributed by atoms with Gasteiger partial charge in [0.25, 0.3) is 5.91 Å². The molecule has 10 nitrogen and oxygen atoms in total. The molecule has 1 fully saturated rings. The van der Waals surface area contributed by atoms with E-state index in [1.54, 1.807) is 35.2 Å². The Balaban J connectivity index is 1.63. The number of hydrogen-bond acceptors (Lipinski definition) is 7. The number of ether oxygens (including phenoxy) is 1. The first-order valence-corrected chi connectivity index (χ1v) is 14.2. The summed E-state index contributed by atoms with van der Waals surface area (Å²) in [7, 11) is 1.36. The zero-order chi connectivity index (χ0) is 29.5. The molecule has 1 saturated heterocycles. The molecule has 1 aliphatic rings. The van der Waals surface area contributed by atoms with Crippen molar-refractivity contribution in [3.63, 3.8) is 0 Å². The number of carbonyl (C=O) groups excluding carboxylic acids is 3. The van der Waals surface area contributed by atoms with E-state index in [0.717, 1.165) is 10.4 Å². The molecule has 0 saturated carbocycles. The van der Waals surface area contributed by atoms with Gasteiger partial charge in [-0.2, -0.15) is 0 Å². The lowest BCUT2D eigenvalue weighted by Gasteiger charge is -2.45. The Morgan fingerprint density at radius 2 is 1.78 bits per heavy atom. The highest BCUT2D eigenvalue weighted by molar-refractivity contribution is 7.10. The summed E-state index contributed by atoms with van der Waals surface area (Å²) < 4.78 is 4.94. The fourth-order valence-corrected chi connectivity index (χ4v) is 5.74. The number of rotatable bonds is 9. The van der Waals surface area contributed by atoms with Crippen LogP contribution in [0.1, 0.15) is 47.1 Å². The number of amides is 3. The standard InChI is InChI=1S/C30H34N4O6S/c1-19-18-34(30(39)40-3)20(2)17-33(19)25-12-11-22(15-23(25)31-27(35)14-21-8-5-4-6-9-21)29(38)32-24(16-28(36)37)26-10-7-13-41-26/h4-13,15,19-20,24H,14,16-18H2,1-3H3,(H,31,35)(H,32,38)(H,36,37). The highest BCUT2D eigenvalue weighted by Gasteiger charge is 2.34. The molecule has 3 amide bonds. The first-order valence-electron chi connectivity index (χ1n) is 13.3. The number of benzene rings is 2. The average Bonchev–Trinajstić information content (AvgIpc) is 3.49. The molecular weight excluding hydrogens is 544 g/mol. The Hall–Kier alpha value is -4.38. The van der Waals surface area contributed by atoms with Gasteiger partial charge < -0.3 is 30.3 Å². The highest BCUT2D eigenvalue weighted by Crippen LogP contribution is 2.33. The number of carboxylic acids is 1. The topological polar surface area (TPSA) is 128 Å². The monoisotopic (exact) mass is 578 g/mol. The molecular formula is C30H34N4O6S. The van der Waals surface area contributed by atoms with E-state index in [2.05, 4.69) is 15.5 Å². The lowest BCUT2D eigenvalue weighted by Crippen LogP contribution is -2.58. The van der Waals surface area contributed by atoms with E-state index in [9.17, 15) is 24.3 Å². The second kappa shape index (κ2) is 13.3. The smallest absolute Gasteiger partial charge is 0.409 e. The van der Waals surface area contributed by atoms with Crippen molar-refractivity contribution in [2.45, 2.75) is 44.8 Å². The summed E-state index contributed by atoms with van der Waals surface area (Å²) in [5.41, 5.74) is 2.30. The van der Waals surface area contributed by atoms with Gasteiger partial charge in [0.1, 0.15) is 0 Å². The Morgan fingerprint density at radius 3 is 2.44 bits per heavy atom. The summed E-state index contributed by atoms with van der Waals surface area (Å²) in [6.45, 7) is 4.82. The SMILES string of the molecule is COC(=O)N1CC(C)N(c2ccc(C(=O)NC(CC(=O)O)c3cccs3)cc2NC(=O)Cc2ccccc2)CC1C. The van der Waals surface area contributed by atoms with E-state index in [1.165, 1.54) is 18.4 Å². The molecule has 0 bridgehead atoms. The van der Waals surface area contributed by atoms with Crippen LogP contribution in [-0.2, 0) is 20.7 Å². The van der Waals surface area contributed by atoms with Crippen LogP contribution in [0.2, 0.25) is 0 Å². The Labute approximate surface area is 242 Å². The number of anilines is 2. The van der Waals surface area contributed by atoms with Gasteiger partial charge in [0.05, 0.1) is 37.4 Å². The molecule has 216 valence electrons. The number of methoxy groups -OCH3 is 1. The second-order valence-corrected chi connectivity index (χ2v) is 11.0. The van der Waals surface area contributed by atoms with E-state index in [4.69, 9.17) is 4.74 Å². The summed E-state index contributed by atoms with van der Waals surface area (Å²) >= 11 is 1.37. The maximum Gasteiger partial charge on any atom is 0.409 e. The number of hydrogen-bond donors (Lipinski definition) is 3. The molecule has 0 aliphatic carbocycles. The maximum absolute atomic E-state index is 13.3. The van der Waals surface area contributed by atoms with Crippen molar-refractivity contribution in [2.24, 2.45) is 0 Å². The molecule has 3 atom stereocenters. The minimum absolute atomic E-state index is 0.103. The third-order valence-electron chi connectivity index (χ3n) is 7.02. The van der Waals surface area contributed by atoms with Gasteiger partial charge in [0.2, 0.25) is 5.91 Å². The van der Waals surface area contributed by atoms with Gasteiger partial charge in [0, 0.05) is 35.6 Å². The van der Waals surface area contributed by atoms with Crippen LogP contribution in [0.4, 0.5) is 16.2 Å². The number of nitrogens with one attached hydrogen (secondary N) is 2. The molecule has 2 aromatic carbocycles. The van der Waals surface area contributed by atoms with E-state index in [0.29, 0.717) is 24.5 Å². The van der Waals surface area contributed by atoms with Crippen molar-refractivity contribution >= 4 is 46.6 Å². The van der Waals surface area contributed by atoms with E-state index >= 15 is 0 Å². The largest absolute Gasteiger partial charge is 0.481 e. The fourth-order valence-electron chi connectivity index (χ4n) is 4.97. The molecule has 4 rings (SSSR count). The van der Waals surface area contributed by atoms with E-state index < -0.39 is 24.0 Å². The molecule has 3 unspecified atom stereocenters. The number of aliphatic carboxylic acids is 1. The van der Waals surface area contributed by atoms with Gasteiger partial charge in [-0.25, -0.2) is 4.79 Å². The van der Waals surface area contributed by atoms with Gasteiger partial charge in [-0.3, -0.25) is 14.4 Å². The van der Waals surface area contributed by atoms with Crippen LogP contribution in [0.5, 0.6) is 0 Å². The predicted octanol–water partition coefficient (Wildman–Crippen LogP) is 4.54. The average molecular weight is 579 g/mol. The van der Waals surface area contributed by atoms with Gasteiger partial charge >= 0.3 is 12.1 Å². The molecule has 1 aromatic heterocycles. The van der Waals surface area contributed by atoms with Crippen molar-refractivity contribution in [3.8, 4) is 0 Å². The van der Waals surface area contributed by atoms with E-state index in [-0.39, 0.29) is 36.4 Å². The molecule has 3 aromatic rings. The molecule has 11 heteroatoms. The summed E-state index contributed by atoms with van der Waals surface area (Å²) in [5.74, 6) is -1.72. The van der Waals surface area contributed by atoms with Crippen LogP contribution < -0.4 is 15.5 Å². The minimum Gasteiger partial charge on any atom is -0.481 e. The Bertz CT molecular complexity index is 1380. The summed E-state index contributed by atoms with van der Waals surface area (Å²) in [4.78, 5) is 54.7. The van der Waals surface area contributed by atoms with Crippen molar-refractivity contribution in [2.75, 3.05) is 30.4 Å². The lowest BCUT2D eigenvalue weighted by molar-refractivity contribution is -0.137. The number of thiophene rings is 1. The Kier molecular flexibility index (Phi) is 9.61. The van der Waals surface area contributed by atoms with Crippen LogP contribution in [0.25, 0.3) is 0 Å². The molecule has 1 aliphatic heterocycles. The summed E-state index contributed by atoms with van der Waals surface area (Å²) in [6.07, 6.45) is -0.503. The molecule has 0 radical (unpaired) electrons. The van der Waals surface area contributed by atoms with Gasteiger partial charge in [-0.15, -0.1) is 11.3 Å². The highest BCUT2D eigenvalue weighted by atomic mass is 32.1. The van der Waals surface area contributed by atoms with Gasteiger partial charge in [0.15, 0.2) is 0 Å². The molecule has 41 heavy (non-hydrogen) atoms. The number of piperazine rings is 1. The van der Waals surface area contributed by atoms with Crippen LogP contribution in [0.3, 0.4) is 0 Å². The zero-order valence-corrected chi connectivity index (χ0v) is 24.0. The lowest BCUT2D eigenvalue weighted by atomic mass is 10.0. The normalized spacial score (nSPS) is 17.4. The number of nitrogens with zero attached hydrogens (tertiary/aromatic N) is 2. The third kappa shape index (κ3) is 7.43. The number of carboxylic acid groups (broad SMARTS) is 1. The third-order valence-corrected chi connectivity index (χ3v) is 8.00. The van der Waals surface area contributed by atoms with Crippen molar-refractivity contribution in [3.05, 3.63) is 82.0 Å². The van der Waals surface area contributed by atoms with Crippen LogP contribution >= 0.6 is 11.3 Å². The number of carbonyl (C=O) groups is 4. The zero-order valence-electron chi connectivity index (χ0n) is 23.2. The van der Waals surface area contributed by atoms with E-state index in [1.807, 2.05) is 49.6 Å². The maximum atomic E-state index is 13.3. The first kappa shape index (κ1) is 29.6. The fraction of sp³-hybridized carbons (Fsp3) is 0.333. The second-order valence-electron chi connectivity index (χ2n) is 10.1. The van der Waals surface area contributed by atoms with Gasteiger partial charge in [-0.1, -0.05) is 36.4 Å².